The molecule has 1 aromatic carbocycles. The van der Waals surface area contributed by atoms with Gasteiger partial charge in [0.1, 0.15) is 0 Å². The second-order valence-corrected chi connectivity index (χ2v) is 6.19. The van der Waals surface area contributed by atoms with E-state index in [-0.39, 0.29) is 5.69 Å². The number of rotatable bonds is 4. The van der Waals surface area contributed by atoms with Crippen LogP contribution in [0.1, 0.15) is 0 Å². The maximum absolute atomic E-state index is 12.4. The monoisotopic (exact) mass is 396 g/mol. The Morgan fingerprint density at radius 1 is 1.07 bits per heavy atom. The molecule has 2 N–H and O–H groups in total. The van der Waals surface area contributed by atoms with Crippen molar-refractivity contribution in [2.24, 2.45) is 0 Å². The van der Waals surface area contributed by atoms with E-state index < -0.39 is 18.1 Å². The van der Waals surface area contributed by atoms with Crippen molar-refractivity contribution in [3.05, 3.63) is 36.7 Å². The smallest absolute Gasteiger partial charge is 0.404 e. The predicted octanol–water partition coefficient (Wildman–Crippen LogP) is 2.77. The van der Waals surface area contributed by atoms with E-state index in [9.17, 15) is 18.0 Å². The number of urea groups is 1. The van der Waals surface area contributed by atoms with Crippen LogP contribution in [0.2, 0.25) is 0 Å². The van der Waals surface area contributed by atoms with Crippen molar-refractivity contribution in [3.8, 4) is 5.75 Å². The maximum Gasteiger partial charge on any atom is 0.573 e. The molecule has 0 atom stereocenters. The van der Waals surface area contributed by atoms with Crippen molar-refractivity contribution in [1.29, 1.82) is 0 Å². The minimum atomic E-state index is -4.86. The highest BCUT2D eigenvalue weighted by molar-refractivity contribution is 6.00. The molecule has 1 aliphatic rings. The van der Waals surface area contributed by atoms with E-state index in [0.29, 0.717) is 11.6 Å². The van der Waals surface area contributed by atoms with E-state index in [2.05, 4.69) is 30.2 Å². The predicted molar refractivity (Wildman–Crippen MR) is 97.5 cm³/mol. The average molecular weight is 396 g/mol. The molecule has 2 aromatic rings. The zero-order valence-electron chi connectivity index (χ0n) is 15.0. The third kappa shape index (κ3) is 5.46. The number of hydrogen-bond acceptors (Lipinski definition) is 6. The molecule has 28 heavy (non-hydrogen) atoms. The number of ether oxygens (including phenoxy) is 1. The Morgan fingerprint density at radius 3 is 2.36 bits per heavy atom. The topological polar surface area (TPSA) is 82.6 Å². The fraction of sp³-hybridized carbons (Fsp3) is 0.353. The molecule has 1 fully saturated rings. The lowest BCUT2D eigenvalue weighted by molar-refractivity contribution is -0.274. The molecular formula is C17H19F3N6O2. The minimum absolute atomic E-state index is 0.118. The van der Waals surface area contributed by atoms with Crippen LogP contribution in [-0.4, -0.2) is 60.5 Å². The fourth-order valence-corrected chi connectivity index (χ4v) is 2.62. The van der Waals surface area contributed by atoms with Gasteiger partial charge in [0.25, 0.3) is 0 Å². The normalized spacial score (nSPS) is 15.2. The highest BCUT2D eigenvalue weighted by Crippen LogP contribution is 2.30. The van der Waals surface area contributed by atoms with Gasteiger partial charge in [0, 0.05) is 26.2 Å². The largest absolute Gasteiger partial charge is 0.573 e. The summed E-state index contributed by atoms with van der Waals surface area (Å²) in [5, 5.41) is 4.80. The Kier molecular flexibility index (Phi) is 5.83. The molecule has 1 aliphatic heterocycles. The van der Waals surface area contributed by atoms with E-state index >= 15 is 0 Å². The number of hydrogen-bond donors (Lipinski definition) is 2. The maximum atomic E-state index is 12.4. The van der Waals surface area contributed by atoms with Crippen molar-refractivity contribution < 1.29 is 22.7 Å². The van der Waals surface area contributed by atoms with Gasteiger partial charge in [-0.05, 0) is 19.2 Å². The lowest BCUT2D eigenvalue weighted by Crippen LogP contribution is -2.45. The number of nitrogens with zero attached hydrogens (tertiary/aromatic N) is 4. The Morgan fingerprint density at radius 2 is 1.71 bits per heavy atom. The molecule has 3 rings (SSSR count). The fourth-order valence-electron chi connectivity index (χ4n) is 2.62. The van der Waals surface area contributed by atoms with Gasteiger partial charge >= 0.3 is 12.4 Å². The van der Waals surface area contributed by atoms with Crippen LogP contribution in [0.3, 0.4) is 0 Å². The van der Waals surface area contributed by atoms with Crippen LogP contribution in [-0.2, 0) is 0 Å². The SMILES string of the molecule is CN1CCN(c2ncc(NC(=O)Nc3ccccc3OC(F)(F)F)cn2)CC1. The van der Waals surface area contributed by atoms with Gasteiger partial charge in [0.05, 0.1) is 23.8 Å². The first kappa shape index (κ1) is 19.7. The van der Waals surface area contributed by atoms with E-state index in [1.165, 1.54) is 30.6 Å². The second kappa shape index (κ2) is 8.30. The van der Waals surface area contributed by atoms with Crippen molar-refractivity contribution in [2.75, 3.05) is 48.8 Å². The molecule has 0 spiro atoms. The summed E-state index contributed by atoms with van der Waals surface area (Å²) in [6.07, 6.45) is -1.97. The molecule has 2 amide bonds. The third-order valence-electron chi connectivity index (χ3n) is 4.04. The number of aromatic nitrogens is 2. The van der Waals surface area contributed by atoms with Crippen molar-refractivity contribution in [2.45, 2.75) is 6.36 Å². The van der Waals surface area contributed by atoms with Crippen LogP contribution in [0, 0.1) is 0 Å². The number of anilines is 3. The standard InChI is InChI=1S/C17H19F3N6O2/c1-25-6-8-26(9-7-25)15-21-10-12(11-22-15)23-16(27)24-13-4-2-3-5-14(13)28-17(18,19)20/h2-5,10-11H,6-9H2,1H3,(H2,23,24,27). The van der Waals surface area contributed by atoms with Crippen molar-refractivity contribution in [1.82, 2.24) is 14.9 Å². The van der Waals surface area contributed by atoms with Gasteiger partial charge in [-0.2, -0.15) is 0 Å². The molecule has 8 nitrogen and oxygen atoms in total. The first-order valence-electron chi connectivity index (χ1n) is 8.48. The third-order valence-corrected chi connectivity index (χ3v) is 4.04. The molecule has 0 aliphatic carbocycles. The van der Waals surface area contributed by atoms with Crippen LogP contribution in [0.4, 0.5) is 35.3 Å². The highest BCUT2D eigenvalue weighted by Gasteiger charge is 2.32. The van der Waals surface area contributed by atoms with Gasteiger partial charge in [-0.3, -0.25) is 0 Å². The average Bonchev–Trinajstić information content (AvgIpc) is 2.63. The van der Waals surface area contributed by atoms with E-state index in [1.807, 2.05) is 11.9 Å². The molecular weight excluding hydrogens is 377 g/mol. The summed E-state index contributed by atoms with van der Waals surface area (Å²) in [4.78, 5) is 24.8. The summed E-state index contributed by atoms with van der Waals surface area (Å²) in [5.41, 5.74) is 0.192. The number of benzene rings is 1. The summed E-state index contributed by atoms with van der Waals surface area (Å²) < 4.78 is 41.2. The molecule has 1 saturated heterocycles. The molecule has 0 saturated carbocycles. The van der Waals surface area contributed by atoms with E-state index in [1.54, 1.807) is 0 Å². The summed E-state index contributed by atoms with van der Waals surface area (Å²) in [6.45, 7) is 3.43. The zero-order valence-corrected chi connectivity index (χ0v) is 15.0. The summed E-state index contributed by atoms with van der Waals surface area (Å²) in [5.74, 6) is 0.0507. The van der Waals surface area contributed by atoms with Gasteiger partial charge in [-0.1, -0.05) is 12.1 Å². The van der Waals surface area contributed by atoms with Crippen LogP contribution < -0.4 is 20.3 Å². The zero-order chi connectivity index (χ0) is 20.1. The number of halogens is 3. The minimum Gasteiger partial charge on any atom is -0.404 e. The van der Waals surface area contributed by atoms with Crippen LogP contribution in [0.25, 0.3) is 0 Å². The number of alkyl halides is 3. The summed E-state index contributed by atoms with van der Waals surface area (Å²) in [6, 6.07) is 4.52. The Hall–Kier alpha value is -3.08. The van der Waals surface area contributed by atoms with Crippen molar-refractivity contribution in [3.63, 3.8) is 0 Å². The lowest BCUT2D eigenvalue weighted by atomic mass is 10.3. The Labute approximate surface area is 159 Å². The molecule has 1 aromatic heterocycles. The Bertz CT molecular complexity index is 807. The lowest BCUT2D eigenvalue weighted by Gasteiger charge is -2.32. The summed E-state index contributed by atoms with van der Waals surface area (Å²) >= 11 is 0. The molecule has 0 unspecified atom stereocenters. The number of carbonyl (C=O) groups is 1. The van der Waals surface area contributed by atoms with Crippen LogP contribution >= 0.6 is 0 Å². The van der Waals surface area contributed by atoms with Gasteiger partial charge in [0.15, 0.2) is 5.75 Å². The number of para-hydroxylation sites is 2. The molecule has 0 bridgehead atoms. The molecule has 11 heteroatoms. The second-order valence-electron chi connectivity index (χ2n) is 6.19. The van der Waals surface area contributed by atoms with Crippen molar-refractivity contribution >= 4 is 23.4 Å². The van der Waals surface area contributed by atoms with Gasteiger partial charge in [-0.15, -0.1) is 13.2 Å². The number of nitrogens with one attached hydrogen (secondary N) is 2. The van der Waals surface area contributed by atoms with Gasteiger partial charge in [0.2, 0.25) is 5.95 Å². The van der Waals surface area contributed by atoms with Crippen LogP contribution in [0.15, 0.2) is 36.7 Å². The van der Waals surface area contributed by atoms with E-state index in [0.717, 1.165) is 32.2 Å². The summed E-state index contributed by atoms with van der Waals surface area (Å²) in [7, 11) is 2.04. The van der Waals surface area contributed by atoms with Gasteiger partial charge < -0.3 is 25.2 Å². The number of piperazine rings is 1. The van der Waals surface area contributed by atoms with Gasteiger partial charge in [-0.25, -0.2) is 14.8 Å². The molecule has 0 radical (unpaired) electrons. The van der Waals surface area contributed by atoms with E-state index in [4.69, 9.17) is 0 Å². The first-order chi connectivity index (χ1) is 13.3. The Balaban J connectivity index is 1.60. The quantitative estimate of drug-likeness (QED) is 0.827. The molecule has 150 valence electrons. The number of likely N-dealkylation sites (N-methyl/N-ethyl adjacent to an activating group) is 1. The first-order valence-corrected chi connectivity index (χ1v) is 8.48. The van der Waals surface area contributed by atoms with Crippen LogP contribution in [0.5, 0.6) is 5.75 Å². The highest BCUT2D eigenvalue weighted by atomic mass is 19.4. The number of carbonyl (C=O) groups excluding carboxylic acids is 1. The number of amides is 2. The molecule has 2 heterocycles.